The van der Waals surface area contributed by atoms with Crippen LogP contribution in [0.4, 0.5) is 0 Å². The largest absolute Gasteiger partial charge is 0.459 e. The zero-order valence-electron chi connectivity index (χ0n) is 11.6. The van der Waals surface area contributed by atoms with Crippen molar-refractivity contribution in [3.8, 4) is 10.8 Å². The molecule has 0 spiro atoms. The van der Waals surface area contributed by atoms with Crippen molar-refractivity contribution in [2.75, 3.05) is 6.54 Å². The molecule has 5 nitrogen and oxygen atoms in total. The third-order valence-corrected chi connectivity index (χ3v) is 3.25. The van der Waals surface area contributed by atoms with Gasteiger partial charge in [-0.05, 0) is 32.9 Å². The van der Waals surface area contributed by atoms with E-state index in [2.05, 4.69) is 10.3 Å². The smallest absolute Gasteiger partial charge is 0.270 e. The minimum atomic E-state index is -0.438. The predicted octanol–water partition coefficient (Wildman–Crippen LogP) is 2.60. The van der Waals surface area contributed by atoms with Crippen molar-refractivity contribution in [2.45, 2.75) is 26.3 Å². The Morgan fingerprint density at radius 2 is 2.20 bits per heavy atom. The van der Waals surface area contributed by atoms with Gasteiger partial charge in [0.05, 0.1) is 0 Å². The van der Waals surface area contributed by atoms with Crippen molar-refractivity contribution in [3.05, 3.63) is 29.0 Å². The van der Waals surface area contributed by atoms with Crippen molar-refractivity contribution in [3.63, 3.8) is 0 Å². The lowest BCUT2D eigenvalue weighted by atomic mass is 10.1. The van der Waals surface area contributed by atoms with Gasteiger partial charge in [0.1, 0.15) is 11.5 Å². The number of rotatable bonds is 4. The molecule has 2 rings (SSSR count). The molecule has 2 heterocycles. The van der Waals surface area contributed by atoms with E-state index in [0.717, 1.165) is 5.76 Å². The summed E-state index contributed by atoms with van der Waals surface area (Å²) in [5, 5.41) is 5.17. The number of hydrogen-bond donors (Lipinski definition) is 2. The second-order valence-corrected chi connectivity index (χ2v) is 5.98. The van der Waals surface area contributed by atoms with E-state index >= 15 is 0 Å². The number of aromatic nitrogens is 1. The van der Waals surface area contributed by atoms with Crippen molar-refractivity contribution in [2.24, 2.45) is 5.73 Å². The van der Waals surface area contributed by atoms with Crippen LogP contribution in [0.3, 0.4) is 0 Å². The lowest BCUT2D eigenvalue weighted by Crippen LogP contribution is -2.45. The molecule has 2 aromatic rings. The second kappa shape index (κ2) is 6.39. The third-order valence-electron chi connectivity index (χ3n) is 2.39. The number of halogens is 1. The van der Waals surface area contributed by atoms with E-state index in [1.165, 1.54) is 11.3 Å². The monoisotopic (exact) mass is 315 g/mol. The highest BCUT2D eigenvalue weighted by atomic mass is 35.5. The average molecular weight is 316 g/mol. The van der Waals surface area contributed by atoms with Crippen LogP contribution in [-0.4, -0.2) is 23.0 Å². The summed E-state index contributed by atoms with van der Waals surface area (Å²) in [5.41, 5.74) is 5.76. The Hall–Kier alpha value is -1.37. The van der Waals surface area contributed by atoms with Crippen LogP contribution in [0, 0.1) is 6.92 Å². The van der Waals surface area contributed by atoms with E-state index in [0.29, 0.717) is 23.0 Å². The molecule has 110 valence electrons. The Bertz CT molecular complexity index is 586. The molecule has 0 aliphatic rings. The molecule has 0 aromatic carbocycles. The maximum Gasteiger partial charge on any atom is 0.270 e. The van der Waals surface area contributed by atoms with Crippen LogP contribution in [-0.2, 0) is 0 Å². The fourth-order valence-electron chi connectivity index (χ4n) is 1.44. The first kappa shape index (κ1) is 16.7. The highest BCUT2D eigenvalue weighted by molar-refractivity contribution is 7.13. The van der Waals surface area contributed by atoms with Crippen molar-refractivity contribution < 1.29 is 9.21 Å². The molecule has 0 saturated carbocycles. The van der Waals surface area contributed by atoms with Crippen molar-refractivity contribution in [1.82, 2.24) is 10.3 Å². The van der Waals surface area contributed by atoms with Gasteiger partial charge >= 0.3 is 0 Å². The molecule has 0 saturated heterocycles. The Morgan fingerprint density at radius 1 is 1.50 bits per heavy atom. The number of aryl methyl sites for hydroxylation is 1. The van der Waals surface area contributed by atoms with Crippen LogP contribution >= 0.6 is 23.7 Å². The molecule has 7 heteroatoms. The molecule has 0 atom stereocenters. The van der Waals surface area contributed by atoms with Crippen LogP contribution in [0.25, 0.3) is 10.8 Å². The topological polar surface area (TPSA) is 81.2 Å². The van der Waals surface area contributed by atoms with E-state index in [1.54, 1.807) is 5.38 Å². The molecule has 1 amide bonds. The summed E-state index contributed by atoms with van der Waals surface area (Å²) < 4.78 is 5.47. The number of carbonyl (C=O) groups is 1. The molecular formula is C13H18ClN3O2S. The van der Waals surface area contributed by atoms with Gasteiger partial charge in [-0.25, -0.2) is 4.98 Å². The van der Waals surface area contributed by atoms with Crippen LogP contribution in [0.15, 0.2) is 21.9 Å². The third kappa shape index (κ3) is 4.33. The number of nitrogens with zero attached hydrogens (tertiary/aromatic N) is 1. The first-order valence-electron chi connectivity index (χ1n) is 5.94. The van der Waals surface area contributed by atoms with Gasteiger partial charge in [-0.2, -0.15) is 0 Å². The summed E-state index contributed by atoms with van der Waals surface area (Å²) in [6.45, 7) is 5.98. The molecular weight excluding hydrogens is 298 g/mol. The Morgan fingerprint density at radius 3 is 2.75 bits per heavy atom. The summed E-state index contributed by atoms with van der Waals surface area (Å²) in [7, 11) is 0. The molecule has 0 aliphatic carbocycles. The van der Waals surface area contributed by atoms with E-state index in [1.807, 2.05) is 32.9 Å². The zero-order valence-corrected chi connectivity index (χ0v) is 13.2. The Kier molecular flexibility index (Phi) is 5.33. The van der Waals surface area contributed by atoms with Crippen molar-refractivity contribution >= 4 is 29.7 Å². The van der Waals surface area contributed by atoms with E-state index in [9.17, 15) is 4.79 Å². The first-order chi connectivity index (χ1) is 8.85. The molecule has 0 fully saturated rings. The molecule has 3 N–H and O–H groups in total. The predicted molar refractivity (Wildman–Crippen MR) is 82.4 cm³/mol. The van der Waals surface area contributed by atoms with E-state index in [4.69, 9.17) is 10.2 Å². The number of hydrogen-bond acceptors (Lipinski definition) is 5. The lowest BCUT2D eigenvalue weighted by molar-refractivity contribution is 0.0942. The summed E-state index contributed by atoms with van der Waals surface area (Å²) in [6.07, 6.45) is 0. The second-order valence-electron chi connectivity index (χ2n) is 5.12. The fourth-order valence-corrected chi connectivity index (χ4v) is 2.20. The summed E-state index contributed by atoms with van der Waals surface area (Å²) in [4.78, 5) is 16.2. The molecule has 0 radical (unpaired) electrons. The number of amides is 1. The van der Waals surface area contributed by atoms with Gasteiger partial charge in [-0.3, -0.25) is 4.79 Å². The minimum Gasteiger partial charge on any atom is -0.459 e. The highest BCUT2D eigenvalue weighted by Gasteiger charge is 2.16. The number of nitrogens with one attached hydrogen (secondary N) is 1. The first-order valence-corrected chi connectivity index (χ1v) is 6.82. The van der Waals surface area contributed by atoms with E-state index in [-0.39, 0.29) is 18.3 Å². The Labute approximate surface area is 128 Å². The maximum absolute atomic E-state index is 11.9. The van der Waals surface area contributed by atoms with Gasteiger partial charge in [0.15, 0.2) is 10.8 Å². The minimum absolute atomic E-state index is 0. The van der Waals surface area contributed by atoms with Gasteiger partial charge in [-0.15, -0.1) is 23.7 Å². The highest BCUT2D eigenvalue weighted by Crippen LogP contribution is 2.25. The number of furan rings is 1. The van der Waals surface area contributed by atoms with Gasteiger partial charge < -0.3 is 15.5 Å². The standard InChI is InChI=1S/C13H17N3O2S.ClH/c1-8-4-5-10(18-8)12-16-9(6-19-12)11(17)15-7-13(2,3)14;/h4-6H,7,14H2,1-3H3,(H,15,17);1H. The van der Waals surface area contributed by atoms with E-state index < -0.39 is 5.54 Å². The molecule has 0 unspecified atom stereocenters. The quantitative estimate of drug-likeness (QED) is 0.908. The maximum atomic E-state index is 11.9. The molecule has 0 aliphatic heterocycles. The van der Waals surface area contributed by atoms with Gasteiger partial charge in [-0.1, -0.05) is 0 Å². The van der Waals surface area contributed by atoms with Crippen LogP contribution in [0.2, 0.25) is 0 Å². The SMILES string of the molecule is Cc1ccc(-c2nc(C(=O)NCC(C)(C)N)cs2)o1.Cl. The van der Waals surface area contributed by atoms with Crippen LogP contribution in [0.1, 0.15) is 30.1 Å². The van der Waals surface area contributed by atoms with Crippen molar-refractivity contribution in [1.29, 1.82) is 0 Å². The average Bonchev–Trinajstić information content (AvgIpc) is 2.93. The van der Waals surface area contributed by atoms with Crippen LogP contribution in [0.5, 0.6) is 0 Å². The molecule has 2 aromatic heterocycles. The summed E-state index contributed by atoms with van der Waals surface area (Å²) in [6, 6.07) is 3.71. The Balaban J connectivity index is 0.00000200. The summed E-state index contributed by atoms with van der Waals surface area (Å²) in [5.74, 6) is 1.28. The number of carbonyl (C=O) groups excluding carboxylic acids is 1. The number of nitrogens with two attached hydrogens (primary N) is 1. The fraction of sp³-hybridized carbons (Fsp3) is 0.385. The summed E-state index contributed by atoms with van der Waals surface area (Å²) >= 11 is 1.38. The van der Waals surface area contributed by atoms with Gasteiger partial charge in [0.2, 0.25) is 0 Å². The normalized spacial score (nSPS) is 11.0. The lowest BCUT2D eigenvalue weighted by Gasteiger charge is -2.18. The molecule has 0 bridgehead atoms. The van der Waals surface area contributed by atoms with Gasteiger partial charge in [0, 0.05) is 17.5 Å². The van der Waals surface area contributed by atoms with Gasteiger partial charge in [0.25, 0.3) is 5.91 Å². The van der Waals surface area contributed by atoms with Crippen LogP contribution < -0.4 is 11.1 Å². The zero-order chi connectivity index (χ0) is 14.0. The molecule has 20 heavy (non-hydrogen) atoms. The number of thiazole rings is 1.